The van der Waals surface area contributed by atoms with Crippen LogP contribution in [0.2, 0.25) is 5.02 Å². The van der Waals surface area contributed by atoms with Crippen molar-refractivity contribution in [2.24, 2.45) is 4.99 Å². The van der Waals surface area contributed by atoms with E-state index < -0.39 is 0 Å². The third kappa shape index (κ3) is 4.58. The van der Waals surface area contributed by atoms with Gasteiger partial charge in [-0.15, -0.1) is 0 Å². The summed E-state index contributed by atoms with van der Waals surface area (Å²) >= 11 is 6.17. The summed E-state index contributed by atoms with van der Waals surface area (Å²) < 4.78 is 1.86. The van der Waals surface area contributed by atoms with Crippen molar-refractivity contribution in [1.29, 1.82) is 0 Å². The van der Waals surface area contributed by atoms with E-state index in [0.717, 1.165) is 22.0 Å². The zero-order chi connectivity index (χ0) is 17.5. The van der Waals surface area contributed by atoms with Crippen molar-refractivity contribution in [3.05, 3.63) is 77.5 Å². The van der Waals surface area contributed by atoms with Gasteiger partial charge in [-0.25, -0.2) is 9.97 Å². The predicted molar refractivity (Wildman–Crippen MR) is 99.8 cm³/mol. The molecule has 2 heterocycles. The van der Waals surface area contributed by atoms with E-state index in [1.807, 2.05) is 53.4 Å². The number of imidazole rings is 1. The van der Waals surface area contributed by atoms with Gasteiger partial charge >= 0.3 is 0 Å². The van der Waals surface area contributed by atoms with Crippen LogP contribution in [-0.2, 0) is 13.1 Å². The molecule has 3 aromatic rings. The van der Waals surface area contributed by atoms with Crippen molar-refractivity contribution in [2.75, 3.05) is 7.05 Å². The maximum absolute atomic E-state index is 6.17. The van der Waals surface area contributed by atoms with E-state index in [-0.39, 0.29) is 0 Å². The molecule has 0 atom stereocenters. The van der Waals surface area contributed by atoms with Crippen molar-refractivity contribution < 1.29 is 0 Å². The highest BCUT2D eigenvalue weighted by Gasteiger charge is 2.03. The SMILES string of the molecule is CN=C(NCc1ccc(-n2ccnc2)nc1)NCc1ccccc1Cl. The lowest BCUT2D eigenvalue weighted by atomic mass is 10.2. The van der Waals surface area contributed by atoms with Crippen molar-refractivity contribution in [2.45, 2.75) is 13.1 Å². The minimum atomic E-state index is 0.608. The molecule has 2 N–H and O–H groups in total. The first-order chi connectivity index (χ1) is 12.3. The second kappa shape index (κ2) is 8.30. The van der Waals surface area contributed by atoms with Gasteiger partial charge in [0.05, 0.1) is 0 Å². The average Bonchev–Trinajstić information content (AvgIpc) is 3.18. The van der Waals surface area contributed by atoms with E-state index in [1.54, 1.807) is 19.6 Å². The molecule has 0 amide bonds. The molecule has 6 nitrogen and oxygen atoms in total. The molecule has 25 heavy (non-hydrogen) atoms. The number of hydrogen-bond acceptors (Lipinski definition) is 3. The summed E-state index contributed by atoms with van der Waals surface area (Å²) in [5.41, 5.74) is 2.09. The minimum absolute atomic E-state index is 0.608. The maximum Gasteiger partial charge on any atom is 0.191 e. The molecular weight excluding hydrogens is 336 g/mol. The first-order valence-corrected chi connectivity index (χ1v) is 8.25. The molecular formula is C18H19ClN6. The number of hydrogen-bond donors (Lipinski definition) is 2. The fourth-order valence-corrected chi connectivity index (χ4v) is 2.50. The van der Waals surface area contributed by atoms with Crippen LogP contribution in [0.25, 0.3) is 5.82 Å². The molecule has 0 saturated carbocycles. The number of nitrogens with one attached hydrogen (secondary N) is 2. The van der Waals surface area contributed by atoms with Gasteiger partial charge in [-0.3, -0.25) is 9.56 Å². The number of halogens is 1. The molecule has 7 heteroatoms. The summed E-state index contributed by atoms with van der Waals surface area (Å²) in [5.74, 6) is 1.54. The number of guanidine groups is 1. The summed E-state index contributed by atoms with van der Waals surface area (Å²) in [6.07, 6.45) is 7.15. The Kier molecular flexibility index (Phi) is 5.64. The number of aliphatic imine (C=N–C) groups is 1. The quantitative estimate of drug-likeness (QED) is 0.546. The zero-order valence-corrected chi connectivity index (χ0v) is 14.6. The standard InChI is InChI=1S/C18H19ClN6/c1-20-18(24-12-15-4-2-3-5-16(15)19)23-11-14-6-7-17(22-10-14)25-9-8-21-13-25/h2-10,13H,11-12H2,1H3,(H2,20,23,24). The average molecular weight is 355 g/mol. The van der Waals surface area contributed by atoms with Crippen LogP contribution in [0.15, 0.2) is 66.3 Å². The Labute approximate surface area is 151 Å². The molecule has 0 aliphatic rings. The van der Waals surface area contributed by atoms with E-state index >= 15 is 0 Å². The molecule has 3 rings (SSSR count). The summed E-state index contributed by atoms with van der Waals surface area (Å²) in [4.78, 5) is 12.7. The van der Waals surface area contributed by atoms with Crippen LogP contribution in [0, 0.1) is 0 Å². The Bertz CT molecular complexity index is 827. The van der Waals surface area contributed by atoms with Crippen LogP contribution in [0.3, 0.4) is 0 Å². The molecule has 0 fully saturated rings. The van der Waals surface area contributed by atoms with E-state index in [1.165, 1.54) is 0 Å². The Balaban J connectivity index is 1.53. The highest BCUT2D eigenvalue weighted by atomic mass is 35.5. The summed E-state index contributed by atoms with van der Waals surface area (Å²) in [5, 5.41) is 7.26. The molecule has 2 aromatic heterocycles. The van der Waals surface area contributed by atoms with Gasteiger partial charge < -0.3 is 10.6 Å². The molecule has 128 valence electrons. The van der Waals surface area contributed by atoms with Crippen molar-refractivity contribution in [3.63, 3.8) is 0 Å². The normalized spacial score (nSPS) is 11.4. The van der Waals surface area contributed by atoms with Crippen LogP contribution in [0.5, 0.6) is 0 Å². The monoisotopic (exact) mass is 354 g/mol. The third-order valence-electron chi connectivity index (χ3n) is 3.67. The van der Waals surface area contributed by atoms with Gasteiger partial charge in [-0.2, -0.15) is 0 Å². The van der Waals surface area contributed by atoms with Crippen molar-refractivity contribution in [1.82, 2.24) is 25.2 Å². The lowest BCUT2D eigenvalue weighted by Crippen LogP contribution is -2.36. The van der Waals surface area contributed by atoms with Gasteiger partial charge in [-0.05, 0) is 23.3 Å². The molecule has 1 aromatic carbocycles. The third-order valence-corrected chi connectivity index (χ3v) is 4.03. The van der Waals surface area contributed by atoms with E-state index in [9.17, 15) is 0 Å². The Morgan fingerprint density at radius 2 is 2.00 bits per heavy atom. The highest BCUT2D eigenvalue weighted by molar-refractivity contribution is 6.31. The predicted octanol–water partition coefficient (Wildman–Crippen LogP) is 2.79. The van der Waals surface area contributed by atoms with Gasteiger partial charge in [0.2, 0.25) is 0 Å². The lowest BCUT2D eigenvalue weighted by molar-refractivity contribution is 0.805. The summed E-state index contributed by atoms with van der Waals surface area (Å²) in [7, 11) is 1.74. The van der Waals surface area contributed by atoms with E-state index in [2.05, 4.69) is 25.6 Å². The Morgan fingerprint density at radius 3 is 2.68 bits per heavy atom. The fraction of sp³-hybridized carbons (Fsp3) is 0.167. The van der Waals surface area contributed by atoms with Gasteiger partial charge in [0, 0.05) is 43.8 Å². The summed E-state index contributed by atoms with van der Waals surface area (Å²) in [6, 6.07) is 11.7. The Morgan fingerprint density at radius 1 is 1.16 bits per heavy atom. The number of nitrogens with zero attached hydrogens (tertiary/aromatic N) is 4. The first kappa shape index (κ1) is 17.0. The number of benzene rings is 1. The number of rotatable bonds is 5. The van der Waals surface area contributed by atoms with Gasteiger partial charge in [0.1, 0.15) is 12.1 Å². The topological polar surface area (TPSA) is 67.1 Å². The van der Waals surface area contributed by atoms with Crippen LogP contribution in [0.1, 0.15) is 11.1 Å². The Hall–Kier alpha value is -2.86. The molecule has 0 bridgehead atoms. The van der Waals surface area contributed by atoms with E-state index in [4.69, 9.17) is 11.6 Å². The molecule has 0 spiro atoms. The molecule has 0 aliphatic heterocycles. The number of aromatic nitrogens is 3. The fourth-order valence-electron chi connectivity index (χ4n) is 2.30. The highest BCUT2D eigenvalue weighted by Crippen LogP contribution is 2.14. The molecule has 0 radical (unpaired) electrons. The minimum Gasteiger partial charge on any atom is -0.352 e. The van der Waals surface area contributed by atoms with Gasteiger partial charge in [-0.1, -0.05) is 35.9 Å². The van der Waals surface area contributed by atoms with Crippen LogP contribution in [0.4, 0.5) is 0 Å². The largest absolute Gasteiger partial charge is 0.352 e. The molecule has 0 saturated heterocycles. The van der Waals surface area contributed by atoms with Crippen LogP contribution in [-0.4, -0.2) is 27.5 Å². The maximum atomic E-state index is 6.17. The smallest absolute Gasteiger partial charge is 0.191 e. The second-order valence-corrected chi connectivity index (χ2v) is 5.77. The summed E-state index contributed by atoms with van der Waals surface area (Å²) in [6.45, 7) is 1.23. The van der Waals surface area contributed by atoms with E-state index in [0.29, 0.717) is 19.0 Å². The van der Waals surface area contributed by atoms with Crippen LogP contribution >= 0.6 is 11.6 Å². The van der Waals surface area contributed by atoms with Crippen molar-refractivity contribution in [3.8, 4) is 5.82 Å². The lowest BCUT2D eigenvalue weighted by Gasteiger charge is -2.13. The van der Waals surface area contributed by atoms with Crippen LogP contribution < -0.4 is 10.6 Å². The number of pyridine rings is 1. The van der Waals surface area contributed by atoms with Gasteiger partial charge in [0.25, 0.3) is 0 Å². The molecule has 0 unspecified atom stereocenters. The van der Waals surface area contributed by atoms with Gasteiger partial charge in [0.15, 0.2) is 5.96 Å². The first-order valence-electron chi connectivity index (χ1n) is 7.87. The second-order valence-electron chi connectivity index (χ2n) is 5.37. The zero-order valence-electron chi connectivity index (χ0n) is 13.9. The van der Waals surface area contributed by atoms with Crippen molar-refractivity contribution >= 4 is 17.6 Å². The molecule has 0 aliphatic carbocycles.